The molecule has 0 rings (SSSR count). The first-order valence-corrected chi connectivity index (χ1v) is 5.57. The third-order valence-corrected chi connectivity index (χ3v) is 3.88. The van der Waals surface area contributed by atoms with Crippen LogP contribution in [-0.2, 0) is 10.0 Å². The van der Waals surface area contributed by atoms with Crippen LogP contribution in [0.4, 0.5) is 39.5 Å². The Balaban J connectivity index is 6.08. The van der Waals surface area contributed by atoms with E-state index in [1.54, 1.807) is 0 Å². The van der Waals surface area contributed by atoms with Crippen LogP contribution in [0.5, 0.6) is 0 Å². The summed E-state index contributed by atoms with van der Waals surface area (Å²) in [6.45, 7) is 0. The molecule has 14 heteroatoms. The molecule has 0 saturated carbocycles. The monoisotopic (exact) mass is 347 g/mol. The quantitative estimate of drug-likeness (QED) is 0.579. The van der Waals surface area contributed by atoms with Crippen molar-refractivity contribution in [1.29, 1.82) is 0 Å². The summed E-state index contributed by atoms with van der Waals surface area (Å²) in [5.74, 6) is -14.6. The second kappa shape index (κ2) is 4.55. The molecule has 0 heterocycles. The van der Waals surface area contributed by atoms with Crippen molar-refractivity contribution in [2.45, 2.75) is 23.3 Å². The second-order valence-corrected chi connectivity index (χ2v) is 5.78. The Hall–Kier alpha value is -0.430. The lowest BCUT2D eigenvalue weighted by atomic mass is 10.1. The number of halogens is 10. The molecule has 0 aromatic rings. The Morgan fingerprint density at radius 2 is 1.16 bits per heavy atom. The third-order valence-electron chi connectivity index (χ3n) is 1.77. The van der Waals surface area contributed by atoms with Gasteiger partial charge >= 0.3 is 23.3 Å². The first-order chi connectivity index (χ1) is 7.94. The zero-order valence-corrected chi connectivity index (χ0v) is 10.0. The molecule has 0 spiro atoms. The van der Waals surface area contributed by atoms with Crippen molar-refractivity contribution in [2.24, 2.45) is 0 Å². The average Bonchev–Trinajstić information content (AvgIpc) is 2.14. The first kappa shape index (κ1) is 18.6. The maximum Gasteiger partial charge on any atom is 0.460 e. The fourth-order valence-electron chi connectivity index (χ4n) is 0.681. The summed E-state index contributed by atoms with van der Waals surface area (Å²) in [4.78, 5) is 0. The minimum absolute atomic E-state index is 0.0343. The van der Waals surface area contributed by atoms with Gasteiger partial charge in [0.05, 0.1) is 0 Å². The molecule has 0 aromatic carbocycles. The molecule has 0 radical (unpaired) electrons. The third kappa shape index (κ3) is 2.46. The molecule has 0 aliphatic heterocycles. The largest absolute Gasteiger partial charge is 0.460 e. The molecular formula is C5H3ClF9NO2S. The number of hydrogen-bond acceptors (Lipinski definition) is 2. The maximum atomic E-state index is 12.8. The highest BCUT2D eigenvalue weighted by Gasteiger charge is 2.85. The first-order valence-electron chi connectivity index (χ1n) is 3.79. The molecule has 0 aromatic heterocycles. The van der Waals surface area contributed by atoms with Gasteiger partial charge in [0.2, 0.25) is 0 Å². The van der Waals surface area contributed by atoms with Crippen molar-refractivity contribution in [3.05, 3.63) is 0 Å². The van der Waals surface area contributed by atoms with Gasteiger partial charge in [-0.1, -0.05) is 0 Å². The molecule has 0 aliphatic carbocycles. The van der Waals surface area contributed by atoms with Crippen LogP contribution in [0.15, 0.2) is 0 Å². The van der Waals surface area contributed by atoms with Crippen LogP contribution in [0.2, 0.25) is 0 Å². The Morgan fingerprint density at radius 3 is 1.37 bits per heavy atom. The van der Waals surface area contributed by atoms with Gasteiger partial charge in [-0.2, -0.15) is 39.5 Å². The molecule has 19 heavy (non-hydrogen) atoms. The number of hydrogen-bond donors (Lipinski definition) is 0. The van der Waals surface area contributed by atoms with Crippen LogP contribution in [-0.4, -0.2) is 42.6 Å². The summed E-state index contributed by atoms with van der Waals surface area (Å²) in [5, 5.41) is -6.78. The molecule has 0 N–H and O–H groups in total. The van der Waals surface area contributed by atoms with Crippen molar-refractivity contribution in [3.8, 4) is 0 Å². The van der Waals surface area contributed by atoms with E-state index in [0.717, 1.165) is 0 Å². The predicted octanol–water partition coefficient (Wildman–Crippen LogP) is 2.83. The Bertz CT molecular complexity index is 442. The number of sulfonamides is 1. The summed E-state index contributed by atoms with van der Waals surface area (Å²) < 4.78 is 131. The van der Waals surface area contributed by atoms with E-state index in [1.165, 1.54) is 0 Å². The van der Waals surface area contributed by atoms with E-state index in [1.807, 2.05) is 0 Å². The highest BCUT2D eigenvalue weighted by molar-refractivity contribution is 7.91. The average molecular weight is 348 g/mol. The van der Waals surface area contributed by atoms with Crippen LogP contribution < -0.4 is 0 Å². The lowest BCUT2D eigenvalue weighted by Crippen LogP contribution is -2.64. The summed E-state index contributed by atoms with van der Waals surface area (Å²) in [6.07, 6.45) is -7.10. The SMILES string of the molecule is CN(Cl)S(=O)(=O)C(F)(F)C(F)(F)C(F)(F)C(F)(F)F. The van der Waals surface area contributed by atoms with Crippen molar-refractivity contribution in [3.63, 3.8) is 0 Å². The van der Waals surface area contributed by atoms with E-state index in [2.05, 4.69) is 11.8 Å². The van der Waals surface area contributed by atoms with E-state index >= 15 is 0 Å². The Labute approximate surface area is 105 Å². The van der Waals surface area contributed by atoms with Gasteiger partial charge < -0.3 is 0 Å². The van der Waals surface area contributed by atoms with E-state index in [0.29, 0.717) is 0 Å². The summed E-state index contributed by atoms with van der Waals surface area (Å²) in [5.41, 5.74) is 0. The molecular weight excluding hydrogens is 345 g/mol. The molecule has 0 atom stereocenters. The van der Waals surface area contributed by atoms with Gasteiger partial charge in [-0.3, -0.25) is 0 Å². The summed E-state index contributed by atoms with van der Waals surface area (Å²) in [7, 11) is -6.61. The molecule has 116 valence electrons. The van der Waals surface area contributed by atoms with Gasteiger partial charge in [0, 0.05) is 7.05 Å². The second-order valence-electron chi connectivity index (χ2n) is 3.06. The fourth-order valence-corrected chi connectivity index (χ4v) is 1.71. The van der Waals surface area contributed by atoms with Gasteiger partial charge in [-0.15, -0.1) is 3.82 Å². The molecule has 3 nitrogen and oxygen atoms in total. The zero-order chi connectivity index (χ0) is 16.1. The van der Waals surface area contributed by atoms with Gasteiger partial charge in [-0.25, -0.2) is 8.42 Å². The van der Waals surface area contributed by atoms with Crippen molar-refractivity contribution in [2.75, 3.05) is 7.05 Å². The molecule has 0 saturated heterocycles. The van der Waals surface area contributed by atoms with E-state index in [9.17, 15) is 47.9 Å². The van der Waals surface area contributed by atoms with Crippen LogP contribution in [0.1, 0.15) is 0 Å². The molecule has 0 bridgehead atoms. The number of rotatable bonds is 4. The number of alkyl halides is 9. The summed E-state index contributed by atoms with van der Waals surface area (Å²) in [6, 6.07) is 0. The Morgan fingerprint density at radius 1 is 0.842 bits per heavy atom. The van der Waals surface area contributed by atoms with Crippen LogP contribution in [0, 0.1) is 0 Å². The standard InChI is InChI=1S/C5H3ClF9NO2S/c1-16(6)19(17,18)5(14,15)3(9,10)2(7,8)4(11,12)13/h1H3. The molecule has 0 fully saturated rings. The minimum Gasteiger partial charge on any atom is -0.204 e. The zero-order valence-electron chi connectivity index (χ0n) is 8.45. The number of nitrogens with zero attached hydrogens (tertiary/aromatic N) is 1. The Kier molecular flexibility index (Phi) is 4.44. The van der Waals surface area contributed by atoms with E-state index < -0.39 is 37.1 Å². The lowest BCUT2D eigenvalue weighted by Gasteiger charge is -2.33. The minimum atomic E-state index is -7.29. The van der Waals surface area contributed by atoms with Crippen LogP contribution in [0.25, 0.3) is 0 Å². The fraction of sp³-hybridized carbons (Fsp3) is 1.00. The van der Waals surface area contributed by atoms with Crippen molar-refractivity contribution < 1.29 is 47.9 Å². The molecule has 0 unspecified atom stereocenters. The van der Waals surface area contributed by atoms with E-state index in [4.69, 9.17) is 0 Å². The van der Waals surface area contributed by atoms with Crippen LogP contribution >= 0.6 is 11.8 Å². The van der Waals surface area contributed by atoms with Crippen molar-refractivity contribution in [1.82, 2.24) is 3.82 Å². The van der Waals surface area contributed by atoms with Gasteiger partial charge in [0.1, 0.15) is 0 Å². The summed E-state index contributed by atoms with van der Waals surface area (Å²) >= 11 is 4.43. The van der Waals surface area contributed by atoms with Crippen molar-refractivity contribution >= 4 is 21.8 Å². The molecule has 0 amide bonds. The van der Waals surface area contributed by atoms with Gasteiger partial charge in [0.25, 0.3) is 10.0 Å². The normalized spacial score (nSPS) is 16.0. The van der Waals surface area contributed by atoms with E-state index in [-0.39, 0.29) is 7.05 Å². The van der Waals surface area contributed by atoms with Gasteiger partial charge in [-0.05, 0) is 11.8 Å². The maximum absolute atomic E-state index is 12.8. The molecule has 0 aliphatic rings. The van der Waals surface area contributed by atoms with Crippen LogP contribution in [0.3, 0.4) is 0 Å². The smallest absolute Gasteiger partial charge is 0.204 e. The lowest BCUT2D eigenvalue weighted by molar-refractivity contribution is -0.382. The highest BCUT2D eigenvalue weighted by Crippen LogP contribution is 2.55. The highest BCUT2D eigenvalue weighted by atomic mass is 35.5. The van der Waals surface area contributed by atoms with Gasteiger partial charge in [0.15, 0.2) is 0 Å². The predicted molar refractivity (Wildman–Crippen MR) is 43.4 cm³/mol. The topological polar surface area (TPSA) is 37.4 Å².